The lowest BCUT2D eigenvalue weighted by atomic mass is 9.77. The van der Waals surface area contributed by atoms with Crippen LogP contribution in [0.4, 0.5) is 16.3 Å². The molecule has 2 aromatic heterocycles. The van der Waals surface area contributed by atoms with Crippen molar-refractivity contribution >= 4 is 23.5 Å². The van der Waals surface area contributed by atoms with E-state index in [1.807, 2.05) is 11.8 Å². The van der Waals surface area contributed by atoms with E-state index in [0.29, 0.717) is 38.5 Å². The van der Waals surface area contributed by atoms with Crippen LogP contribution in [0.3, 0.4) is 0 Å². The summed E-state index contributed by atoms with van der Waals surface area (Å²) in [4.78, 5) is 44.3. The lowest BCUT2D eigenvalue weighted by Gasteiger charge is -2.39. The van der Waals surface area contributed by atoms with Crippen molar-refractivity contribution in [1.29, 1.82) is 0 Å². The van der Waals surface area contributed by atoms with E-state index in [1.165, 1.54) is 12.7 Å². The Kier molecular flexibility index (Phi) is 8.04. The summed E-state index contributed by atoms with van der Waals surface area (Å²) < 4.78 is 6.48. The number of urea groups is 1. The number of hydrogen-bond acceptors (Lipinski definition) is 8. The quantitative estimate of drug-likeness (QED) is 0.393. The number of amides is 2. The molecule has 6 rings (SSSR count). The number of esters is 1. The van der Waals surface area contributed by atoms with Gasteiger partial charge >= 0.3 is 12.0 Å². The molecule has 0 radical (unpaired) electrons. The van der Waals surface area contributed by atoms with Gasteiger partial charge < -0.3 is 29.3 Å². The maximum absolute atomic E-state index is 13.3. The number of ether oxygens (including phenoxy) is 1. The number of piperidine rings is 1. The number of pyridine rings is 1. The number of carbonyl (C=O) groups excluding carboxylic acids is 2. The Morgan fingerprint density at radius 2 is 1.68 bits per heavy atom. The van der Waals surface area contributed by atoms with Crippen LogP contribution in [0.2, 0.25) is 0 Å². The summed E-state index contributed by atoms with van der Waals surface area (Å²) in [6, 6.07) is 17.9. The number of anilines is 2. The van der Waals surface area contributed by atoms with Gasteiger partial charge in [-0.1, -0.05) is 37.3 Å². The molecule has 3 fully saturated rings. The maximum atomic E-state index is 13.3. The summed E-state index contributed by atoms with van der Waals surface area (Å²) in [5, 5.41) is 11.4. The first-order valence-corrected chi connectivity index (χ1v) is 15.5. The first-order valence-electron chi connectivity index (χ1n) is 15.5. The van der Waals surface area contributed by atoms with Gasteiger partial charge in [0, 0.05) is 68.7 Å². The van der Waals surface area contributed by atoms with E-state index in [9.17, 15) is 14.4 Å². The van der Waals surface area contributed by atoms with Crippen molar-refractivity contribution in [2.75, 3.05) is 56.2 Å². The molecule has 3 aromatic rings. The Labute approximate surface area is 257 Å². The lowest BCUT2D eigenvalue weighted by Crippen LogP contribution is -2.52. The molecule has 1 N–H and O–H groups in total. The van der Waals surface area contributed by atoms with Gasteiger partial charge in [-0.05, 0) is 56.4 Å². The van der Waals surface area contributed by atoms with Crippen molar-refractivity contribution in [1.82, 2.24) is 25.0 Å². The summed E-state index contributed by atoms with van der Waals surface area (Å²) in [5.74, 6) is 0.179. The molecule has 11 nitrogen and oxygen atoms in total. The van der Waals surface area contributed by atoms with Crippen molar-refractivity contribution < 1.29 is 14.3 Å². The second-order valence-corrected chi connectivity index (χ2v) is 12.4. The Hall–Kier alpha value is -4.41. The maximum Gasteiger partial charge on any atom is 0.358 e. The van der Waals surface area contributed by atoms with Gasteiger partial charge in [0.05, 0.1) is 12.6 Å². The Morgan fingerprint density at radius 1 is 0.932 bits per heavy atom. The minimum atomic E-state index is -0.516. The van der Waals surface area contributed by atoms with Crippen molar-refractivity contribution in [3.05, 3.63) is 81.9 Å². The van der Waals surface area contributed by atoms with Crippen LogP contribution in [-0.4, -0.2) is 83.6 Å². The fourth-order valence-electron chi connectivity index (χ4n) is 7.13. The second-order valence-electron chi connectivity index (χ2n) is 12.4. The van der Waals surface area contributed by atoms with Crippen LogP contribution < -0.4 is 20.7 Å². The van der Waals surface area contributed by atoms with Crippen molar-refractivity contribution in [2.24, 2.45) is 0 Å². The summed E-state index contributed by atoms with van der Waals surface area (Å²) in [6.07, 6.45) is 3.65. The number of hydrogen-bond donors (Lipinski definition) is 1. The zero-order chi connectivity index (χ0) is 30.9. The number of nitrogens with zero attached hydrogens (tertiary/aromatic N) is 6. The van der Waals surface area contributed by atoms with Gasteiger partial charge in [0.2, 0.25) is 0 Å². The van der Waals surface area contributed by atoms with E-state index < -0.39 is 5.97 Å². The Bertz CT molecular complexity index is 1570. The minimum absolute atomic E-state index is 0.0318. The summed E-state index contributed by atoms with van der Waals surface area (Å²) in [6.45, 7) is 8.99. The molecule has 5 heterocycles. The van der Waals surface area contributed by atoms with Crippen molar-refractivity contribution in [3.8, 4) is 0 Å². The van der Waals surface area contributed by atoms with Gasteiger partial charge in [-0.3, -0.25) is 4.79 Å². The monoisotopic (exact) mass is 599 g/mol. The zero-order valence-corrected chi connectivity index (χ0v) is 25.8. The number of benzene rings is 1. The van der Waals surface area contributed by atoms with Crippen LogP contribution in [0.25, 0.3) is 0 Å². The molecule has 3 saturated heterocycles. The van der Waals surface area contributed by atoms with Gasteiger partial charge in [-0.15, -0.1) is 10.2 Å². The van der Waals surface area contributed by atoms with E-state index in [-0.39, 0.29) is 28.2 Å². The Balaban J connectivity index is 1.06. The van der Waals surface area contributed by atoms with Crippen LogP contribution >= 0.6 is 0 Å². The highest BCUT2D eigenvalue weighted by molar-refractivity contribution is 5.87. The van der Waals surface area contributed by atoms with E-state index in [1.54, 1.807) is 22.8 Å². The molecule has 11 heteroatoms. The fraction of sp³-hybridized carbons (Fsp3) is 0.485. The summed E-state index contributed by atoms with van der Waals surface area (Å²) >= 11 is 0. The second kappa shape index (κ2) is 11.9. The molecule has 3 aliphatic rings. The summed E-state index contributed by atoms with van der Waals surface area (Å²) in [7, 11) is 1.31. The van der Waals surface area contributed by atoms with Crippen LogP contribution in [0.5, 0.6) is 0 Å². The standard InChI is InChI=1S/C33H41N7O4/c1-4-32(25-8-6-5-7-9-25)12-15-38(22-32)26-20-24(2)40(29(41)21-26)19-18-39-23-33(34-31(39)43)13-16-37(17-14-33)28-11-10-27(35-36-28)30(42)44-3/h5-11,20-21H,4,12-19,22-23H2,1-3H3,(H,34,43)/t32-/m0/s1. The largest absolute Gasteiger partial charge is 0.464 e. The number of rotatable bonds is 8. The molecule has 0 bridgehead atoms. The molecule has 0 aliphatic carbocycles. The van der Waals surface area contributed by atoms with Gasteiger partial charge in [0.15, 0.2) is 11.5 Å². The number of aromatic nitrogens is 3. The van der Waals surface area contributed by atoms with Gasteiger partial charge in [-0.25, -0.2) is 9.59 Å². The van der Waals surface area contributed by atoms with E-state index in [0.717, 1.165) is 50.2 Å². The van der Waals surface area contributed by atoms with Crippen molar-refractivity contribution in [3.63, 3.8) is 0 Å². The molecule has 1 spiro atoms. The SMILES string of the molecule is CC[C@]1(c2ccccc2)CCN(c2cc(C)n(CCN3CC4(CCN(c5ccc(C(=O)OC)nn5)CC4)NC3=O)c(=O)c2)C1. The molecule has 2 amide bonds. The van der Waals surface area contributed by atoms with Crippen LogP contribution in [0.15, 0.2) is 59.4 Å². The highest BCUT2D eigenvalue weighted by Gasteiger charge is 2.44. The van der Waals surface area contributed by atoms with Crippen LogP contribution in [0, 0.1) is 6.92 Å². The molecular formula is C33H41N7O4. The van der Waals surface area contributed by atoms with E-state index >= 15 is 0 Å². The third-order valence-corrected chi connectivity index (χ3v) is 9.94. The number of methoxy groups -OCH3 is 1. The number of nitrogens with one attached hydrogen (secondary N) is 1. The topological polar surface area (TPSA) is 113 Å². The molecule has 0 saturated carbocycles. The first kappa shape index (κ1) is 29.7. The molecule has 1 atom stereocenters. The van der Waals surface area contributed by atoms with Crippen LogP contribution in [0.1, 0.15) is 54.4 Å². The van der Waals surface area contributed by atoms with Crippen molar-refractivity contribution in [2.45, 2.75) is 57.0 Å². The average Bonchev–Trinajstić information content (AvgIpc) is 3.63. The molecule has 1 aromatic carbocycles. The smallest absolute Gasteiger partial charge is 0.358 e. The fourth-order valence-corrected chi connectivity index (χ4v) is 7.13. The number of carbonyl (C=O) groups is 2. The van der Waals surface area contributed by atoms with E-state index in [4.69, 9.17) is 4.74 Å². The highest BCUT2D eigenvalue weighted by atomic mass is 16.5. The molecular weight excluding hydrogens is 558 g/mol. The first-order chi connectivity index (χ1) is 21.2. The predicted molar refractivity (Wildman–Crippen MR) is 168 cm³/mol. The molecule has 3 aliphatic heterocycles. The normalized spacial score (nSPS) is 21.2. The third-order valence-electron chi connectivity index (χ3n) is 9.94. The van der Waals surface area contributed by atoms with Gasteiger partial charge in [-0.2, -0.15) is 0 Å². The zero-order valence-electron chi connectivity index (χ0n) is 25.8. The van der Waals surface area contributed by atoms with Gasteiger partial charge in [0.1, 0.15) is 0 Å². The lowest BCUT2D eigenvalue weighted by molar-refractivity contribution is 0.0592. The number of aryl methyl sites for hydroxylation is 1. The minimum Gasteiger partial charge on any atom is -0.464 e. The summed E-state index contributed by atoms with van der Waals surface area (Å²) in [5.41, 5.74) is 3.18. The van der Waals surface area contributed by atoms with Crippen LogP contribution in [-0.2, 0) is 16.7 Å². The highest BCUT2D eigenvalue weighted by Crippen LogP contribution is 2.39. The molecule has 44 heavy (non-hydrogen) atoms. The molecule has 0 unspecified atom stereocenters. The third kappa shape index (κ3) is 5.62. The average molecular weight is 600 g/mol. The predicted octanol–water partition coefficient (Wildman–Crippen LogP) is 3.36. The molecule has 232 valence electrons. The van der Waals surface area contributed by atoms with E-state index in [2.05, 4.69) is 68.6 Å². The van der Waals surface area contributed by atoms with Gasteiger partial charge in [0.25, 0.3) is 5.56 Å². The Morgan fingerprint density at radius 3 is 2.34 bits per heavy atom.